The summed E-state index contributed by atoms with van der Waals surface area (Å²) >= 11 is 0. The highest BCUT2D eigenvalue weighted by atomic mass is 16.5. The van der Waals surface area contributed by atoms with Crippen LogP contribution >= 0.6 is 0 Å². The molecule has 0 spiro atoms. The second-order valence-corrected chi connectivity index (χ2v) is 9.64. The van der Waals surface area contributed by atoms with Crippen LogP contribution in [0.3, 0.4) is 0 Å². The molecule has 0 amide bonds. The molecule has 0 radical (unpaired) electrons. The molecule has 2 aromatic rings. The zero-order valence-corrected chi connectivity index (χ0v) is 21.8. The van der Waals surface area contributed by atoms with Gasteiger partial charge in [-0.3, -0.25) is 4.90 Å². The van der Waals surface area contributed by atoms with Crippen molar-refractivity contribution in [3.8, 4) is 11.5 Å². The van der Waals surface area contributed by atoms with Crippen LogP contribution in [0.4, 0.5) is 11.6 Å². The third-order valence-electron chi connectivity index (χ3n) is 6.61. The molecule has 198 valence electrons. The zero-order valence-electron chi connectivity index (χ0n) is 21.8. The minimum absolute atomic E-state index is 0.497. The molecule has 0 unspecified atom stereocenters. The van der Waals surface area contributed by atoms with Crippen molar-refractivity contribution in [1.82, 2.24) is 20.2 Å². The van der Waals surface area contributed by atoms with E-state index in [2.05, 4.69) is 25.1 Å². The van der Waals surface area contributed by atoms with Gasteiger partial charge in [0.05, 0.1) is 25.4 Å². The number of nitrogens with zero attached hydrogens (tertiary/aromatic N) is 5. The fourth-order valence-electron chi connectivity index (χ4n) is 4.55. The maximum Gasteiger partial charge on any atom is 0.161 e. The quantitative estimate of drug-likeness (QED) is 0.445. The molecular weight excluding hydrogens is 460 g/mol. The Labute approximate surface area is 214 Å². The molecule has 0 bridgehead atoms. The summed E-state index contributed by atoms with van der Waals surface area (Å²) in [6.45, 7) is 9.94. The highest BCUT2D eigenvalue weighted by Gasteiger charge is 2.36. The molecule has 2 aliphatic heterocycles. The molecule has 2 saturated heterocycles. The van der Waals surface area contributed by atoms with E-state index in [1.54, 1.807) is 6.33 Å². The second kappa shape index (κ2) is 12.5. The summed E-state index contributed by atoms with van der Waals surface area (Å²) in [6, 6.07) is 8.01. The van der Waals surface area contributed by atoms with Crippen LogP contribution in [0.1, 0.15) is 18.9 Å². The van der Waals surface area contributed by atoms with Gasteiger partial charge in [0.15, 0.2) is 11.5 Å². The largest absolute Gasteiger partial charge is 0.490 e. The molecule has 10 heteroatoms. The number of β-amino-alcohol motifs (C(OH)–C–C–N with tert-alkyl or cyclic N) is 1. The summed E-state index contributed by atoms with van der Waals surface area (Å²) in [4.78, 5) is 15.1. The first-order chi connectivity index (χ1) is 17.5. The average Bonchev–Trinajstić information content (AvgIpc) is 3.28. The lowest BCUT2D eigenvalue weighted by Crippen LogP contribution is -2.43. The molecule has 0 aliphatic carbocycles. The third-order valence-corrected chi connectivity index (χ3v) is 6.61. The van der Waals surface area contributed by atoms with Gasteiger partial charge in [-0.2, -0.15) is 0 Å². The van der Waals surface area contributed by atoms with Crippen molar-refractivity contribution in [2.75, 3.05) is 89.6 Å². The van der Waals surface area contributed by atoms with Crippen LogP contribution < -0.4 is 24.6 Å². The number of hydrogen-bond acceptors (Lipinski definition) is 10. The fraction of sp³-hybridized carbons (Fsp3) is 0.615. The van der Waals surface area contributed by atoms with Gasteiger partial charge in [-0.1, -0.05) is 6.07 Å². The number of aliphatic hydroxyl groups is 1. The first-order valence-corrected chi connectivity index (χ1v) is 12.8. The highest BCUT2D eigenvalue weighted by Crippen LogP contribution is 2.29. The summed E-state index contributed by atoms with van der Waals surface area (Å²) in [7, 11) is 3.91. The molecule has 36 heavy (non-hydrogen) atoms. The molecule has 1 aromatic heterocycles. The van der Waals surface area contributed by atoms with Crippen LogP contribution in [0.25, 0.3) is 0 Å². The van der Waals surface area contributed by atoms with E-state index in [-0.39, 0.29) is 0 Å². The Hall–Kier alpha value is -2.66. The number of nitrogens with one attached hydrogen (secondary N) is 1. The fourth-order valence-corrected chi connectivity index (χ4v) is 4.55. The molecule has 3 heterocycles. The minimum Gasteiger partial charge on any atom is -0.490 e. The summed E-state index contributed by atoms with van der Waals surface area (Å²) in [5.41, 5.74) is 0.276. The van der Waals surface area contributed by atoms with Gasteiger partial charge in [0.25, 0.3) is 0 Å². The number of aromatic nitrogens is 2. The molecule has 10 nitrogen and oxygen atoms in total. The van der Waals surface area contributed by atoms with E-state index in [0.717, 1.165) is 68.1 Å². The molecule has 0 saturated carbocycles. The van der Waals surface area contributed by atoms with Gasteiger partial charge in [0.2, 0.25) is 0 Å². The van der Waals surface area contributed by atoms with E-state index in [1.807, 2.05) is 50.2 Å². The van der Waals surface area contributed by atoms with Crippen molar-refractivity contribution >= 4 is 11.6 Å². The van der Waals surface area contributed by atoms with E-state index < -0.39 is 5.60 Å². The van der Waals surface area contributed by atoms with Crippen molar-refractivity contribution in [3.63, 3.8) is 0 Å². The first kappa shape index (κ1) is 26.4. The SMILES string of the molecule is CCOc1cc(CNC[C@@]2(O)CCN(c3cc(N(C)C)ncn3)C2)ccc1OCCN1CCOCC1. The number of rotatable bonds is 12. The van der Waals surface area contributed by atoms with Crippen molar-refractivity contribution in [2.24, 2.45) is 0 Å². The Kier molecular flexibility index (Phi) is 9.19. The predicted molar refractivity (Wildman–Crippen MR) is 140 cm³/mol. The Bertz CT molecular complexity index is 971. The lowest BCUT2D eigenvalue weighted by Gasteiger charge is -2.26. The summed E-state index contributed by atoms with van der Waals surface area (Å²) < 4.78 is 17.3. The summed E-state index contributed by atoms with van der Waals surface area (Å²) in [5, 5.41) is 14.6. The van der Waals surface area contributed by atoms with Gasteiger partial charge < -0.3 is 34.4 Å². The number of benzene rings is 1. The monoisotopic (exact) mass is 500 g/mol. The number of morpholine rings is 1. The van der Waals surface area contributed by atoms with Crippen LogP contribution in [0.2, 0.25) is 0 Å². The van der Waals surface area contributed by atoms with Crippen LogP contribution in [-0.2, 0) is 11.3 Å². The summed E-state index contributed by atoms with van der Waals surface area (Å²) in [5.74, 6) is 3.22. The molecular formula is C26H40N6O4. The summed E-state index contributed by atoms with van der Waals surface area (Å²) in [6.07, 6.45) is 2.26. The molecule has 1 aromatic carbocycles. The smallest absolute Gasteiger partial charge is 0.161 e. The van der Waals surface area contributed by atoms with Crippen molar-refractivity contribution in [1.29, 1.82) is 0 Å². The van der Waals surface area contributed by atoms with Crippen molar-refractivity contribution in [3.05, 3.63) is 36.2 Å². The van der Waals surface area contributed by atoms with Crippen LogP contribution in [0, 0.1) is 0 Å². The third kappa shape index (κ3) is 7.19. The standard InChI is InChI=1S/C26H40N6O4/c1-4-35-23-15-21(5-6-22(23)36-14-11-31-9-12-34-13-10-31)17-27-18-26(33)7-8-32(19-26)25-16-24(30(2)3)28-20-29-25/h5-6,15-16,20,27,33H,4,7-14,17-19H2,1-3H3/t26-/m0/s1. The Morgan fingerprint density at radius 3 is 2.72 bits per heavy atom. The van der Waals surface area contributed by atoms with Gasteiger partial charge >= 0.3 is 0 Å². The molecule has 2 aliphatic rings. The number of hydrogen-bond donors (Lipinski definition) is 2. The highest BCUT2D eigenvalue weighted by molar-refractivity contribution is 5.50. The minimum atomic E-state index is -0.811. The Morgan fingerprint density at radius 1 is 1.11 bits per heavy atom. The van der Waals surface area contributed by atoms with E-state index >= 15 is 0 Å². The Balaban J connectivity index is 1.27. The predicted octanol–water partition coefficient (Wildman–Crippen LogP) is 1.38. The second-order valence-electron chi connectivity index (χ2n) is 9.64. The Morgan fingerprint density at radius 2 is 1.94 bits per heavy atom. The lowest BCUT2D eigenvalue weighted by molar-refractivity contribution is 0.0320. The number of anilines is 2. The van der Waals surface area contributed by atoms with E-state index in [1.165, 1.54) is 0 Å². The van der Waals surface area contributed by atoms with Crippen LogP contribution in [-0.4, -0.2) is 105 Å². The molecule has 2 N–H and O–H groups in total. The normalized spacial score (nSPS) is 20.5. The molecule has 2 fully saturated rings. The lowest BCUT2D eigenvalue weighted by atomic mass is 10.0. The van der Waals surface area contributed by atoms with Crippen molar-refractivity contribution < 1.29 is 19.3 Å². The van der Waals surface area contributed by atoms with Gasteiger partial charge in [0.1, 0.15) is 24.6 Å². The van der Waals surface area contributed by atoms with Crippen LogP contribution in [0.15, 0.2) is 30.6 Å². The van der Waals surface area contributed by atoms with Crippen LogP contribution in [0.5, 0.6) is 11.5 Å². The maximum atomic E-state index is 11.2. The van der Waals surface area contributed by atoms with Gasteiger partial charge in [0, 0.05) is 66.0 Å². The van der Waals surface area contributed by atoms with Gasteiger partial charge in [-0.05, 0) is 31.0 Å². The van der Waals surface area contributed by atoms with E-state index in [0.29, 0.717) is 39.3 Å². The van der Waals surface area contributed by atoms with E-state index in [4.69, 9.17) is 14.2 Å². The van der Waals surface area contributed by atoms with E-state index in [9.17, 15) is 5.11 Å². The maximum absolute atomic E-state index is 11.2. The van der Waals surface area contributed by atoms with Gasteiger partial charge in [-0.25, -0.2) is 9.97 Å². The van der Waals surface area contributed by atoms with Crippen molar-refractivity contribution in [2.45, 2.75) is 25.5 Å². The molecule has 1 atom stereocenters. The van der Waals surface area contributed by atoms with Gasteiger partial charge in [-0.15, -0.1) is 0 Å². The number of ether oxygens (including phenoxy) is 3. The first-order valence-electron chi connectivity index (χ1n) is 12.8. The average molecular weight is 501 g/mol. The topological polar surface area (TPSA) is 95.5 Å². The zero-order chi connectivity index (χ0) is 25.4. The molecule has 4 rings (SSSR count).